The van der Waals surface area contributed by atoms with Gasteiger partial charge < -0.3 is 5.32 Å². The molecule has 1 heterocycles. The number of rotatable bonds is 9. The molecule has 0 aliphatic heterocycles. The highest BCUT2D eigenvalue weighted by atomic mass is 15.0. The van der Waals surface area contributed by atoms with E-state index in [-0.39, 0.29) is 6.04 Å². The van der Waals surface area contributed by atoms with Crippen molar-refractivity contribution < 1.29 is 0 Å². The topological polar surface area (TPSA) is 50.2 Å². The van der Waals surface area contributed by atoms with E-state index >= 15 is 0 Å². The fourth-order valence-electron chi connectivity index (χ4n) is 2.19. The van der Waals surface area contributed by atoms with Crippen molar-refractivity contribution in [2.24, 2.45) is 4.99 Å². The third-order valence-corrected chi connectivity index (χ3v) is 4.01. The molecule has 0 amide bonds. The van der Waals surface area contributed by atoms with Gasteiger partial charge in [0.2, 0.25) is 0 Å². The van der Waals surface area contributed by atoms with Crippen molar-refractivity contribution in [3.05, 3.63) is 60.2 Å². The standard InChI is InChI=1S/C22H32N4/c1-8-10-20(16(3)4)25-21-13-14-23-22(26-21)18(6)15-24-19(7)12-11-17(5)9-2/h9,11-15,20H,3,8,10H2,1-2,4-7H3,(H,23,25,26)/b12-11-,17-9-,18-15+,24-19+. The molecule has 26 heavy (non-hydrogen) atoms. The van der Waals surface area contributed by atoms with Crippen molar-refractivity contribution in [1.82, 2.24) is 9.97 Å². The zero-order valence-electron chi connectivity index (χ0n) is 17.0. The summed E-state index contributed by atoms with van der Waals surface area (Å²) in [5.41, 5.74) is 4.18. The highest BCUT2D eigenvalue weighted by Crippen LogP contribution is 2.16. The minimum Gasteiger partial charge on any atom is -0.364 e. The number of aliphatic imine (C=N–C) groups is 1. The molecule has 1 N–H and O–H groups in total. The van der Waals surface area contributed by atoms with Gasteiger partial charge in [0.25, 0.3) is 0 Å². The lowest BCUT2D eigenvalue weighted by atomic mass is 10.1. The highest BCUT2D eigenvalue weighted by molar-refractivity contribution is 5.93. The number of anilines is 1. The van der Waals surface area contributed by atoms with Crippen molar-refractivity contribution in [3.8, 4) is 0 Å². The second-order valence-electron chi connectivity index (χ2n) is 6.55. The Morgan fingerprint density at radius 2 is 2.00 bits per heavy atom. The summed E-state index contributed by atoms with van der Waals surface area (Å²) in [5.74, 6) is 1.49. The molecule has 0 aliphatic carbocycles. The predicted molar refractivity (Wildman–Crippen MR) is 114 cm³/mol. The number of hydrogen-bond acceptors (Lipinski definition) is 4. The van der Waals surface area contributed by atoms with Gasteiger partial charge in [-0.25, -0.2) is 9.97 Å². The average molecular weight is 353 g/mol. The van der Waals surface area contributed by atoms with Gasteiger partial charge >= 0.3 is 0 Å². The van der Waals surface area contributed by atoms with Crippen LogP contribution < -0.4 is 5.32 Å². The van der Waals surface area contributed by atoms with Crippen LogP contribution in [0.1, 0.15) is 60.2 Å². The highest BCUT2D eigenvalue weighted by Gasteiger charge is 2.09. The number of nitrogens with zero attached hydrogens (tertiary/aromatic N) is 3. The molecule has 0 aromatic carbocycles. The Morgan fingerprint density at radius 3 is 2.62 bits per heavy atom. The molecular weight excluding hydrogens is 320 g/mol. The van der Waals surface area contributed by atoms with Crippen LogP contribution in [-0.2, 0) is 0 Å². The fraction of sp³-hybridized carbons (Fsp3) is 0.409. The lowest BCUT2D eigenvalue weighted by molar-refractivity contribution is 0.708. The Hall–Kier alpha value is -2.49. The SMILES string of the molecule is C=C(C)C(CCC)Nc1ccnc(/C(C)=C/N=C(C)/C=C\C(C)=C/C)n1. The van der Waals surface area contributed by atoms with Crippen LogP contribution in [0.5, 0.6) is 0 Å². The maximum Gasteiger partial charge on any atom is 0.158 e. The first kappa shape index (κ1) is 21.6. The molecule has 1 aromatic rings. The second-order valence-corrected chi connectivity index (χ2v) is 6.55. The molecule has 0 spiro atoms. The Morgan fingerprint density at radius 1 is 1.27 bits per heavy atom. The molecule has 1 aromatic heterocycles. The number of allylic oxidation sites excluding steroid dienone is 5. The Labute approximate surface area is 158 Å². The van der Waals surface area contributed by atoms with Gasteiger partial charge in [-0.2, -0.15) is 0 Å². The van der Waals surface area contributed by atoms with Crippen molar-refractivity contribution >= 4 is 17.1 Å². The molecule has 1 atom stereocenters. The summed E-state index contributed by atoms with van der Waals surface area (Å²) < 4.78 is 0. The van der Waals surface area contributed by atoms with Crippen LogP contribution in [-0.4, -0.2) is 21.7 Å². The van der Waals surface area contributed by atoms with E-state index in [2.05, 4.69) is 52.9 Å². The van der Waals surface area contributed by atoms with E-state index in [4.69, 9.17) is 0 Å². The maximum atomic E-state index is 4.61. The molecule has 0 bridgehead atoms. The van der Waals surface area contributed by atoms with Gasteiger partial charge in [0, 0.05) is 29.7 Å². The molecular formula is C22H32N4. The minimum atomic E-state index is 0.229. The van der Waals surface area contributed by atoms with Gasteiger partial charge in [-0.15, -0.1) is 0 Å². The number of nitrogens with one attached hydrogen (secondary N) is 1. The molecule has 0 saturated carbocycles. The molecule has 1 rings (SSSR count). The molecule has 140 valence electrons. The Balaban J connectivity index is 2.91. The Bertz CT molecular complexity index is 723. The zero-order chi connectivity index (χ0) is 19.5. The van der Waals surface area contributed by atoms with Gasteiger partial charge in [0.1, 0.15) is 5.82 Å². The van der Waals surface area contributed by atoms with Crippen molar-refractivity contribution in [3.63, 3.8) is 0 Å². The van der Waals surface area contributed by atoms with Crippen LogP contribution in [0.25, 0.3) is 5.57 Å². The molecule has 0 aliphatic rings. The molecule has 1 unspecified atom stereocenters. The van der Waals surface area contributed by atoms with Crippen LogP contribution in [0.2, 0.25) is 0 Å². The van der Waals surface area contributed by atoms with Crippen molar-refractivity contribution in [2.75, 3.05) is 5.32 Å². The second kappa shape index (κ2) is 11.2. The number of hydrogen-bond donors (Lipinski definition) is 1. The first-order valence-electron chi connectivity index (χ1n) is 9.14. The minimum absolute atomic E-state index is 0.229. The average Bonchev–Trinajstić information content (AvgIpc) is 2.63. The maximum absolute atomic E-state index is 4.61. The summed E-state index contributed by atoms with van der Waals surface area (Å²) in [5, 5.41) is 3.45. The summed E-state index contributed by atoms with van der Waals surface area (Å²) in [6.07, 6.45) is 11.8. The first-order valence-corrected chi connectivity index (χ1v) is 9.14. The number of aromatic nitrogens is 2. The van der Waals surface area contributed by atoms with Crippen molar-refractivity contribution in [1.29, 1.82) is 0 Å². The third-order valence-electron chi connectivity index (χ3n) is 4.01. The summed E-state index contributed by atoms with van der Waals surface area (Å²) in [7, 11) is 0. The largest absolute Gasteiger partial charge is 0.364 e. The lowest BCUT2D eigenvalue weighted by Crippen LogP contribution is -2.21. The van der Waals surface area contributed by atoms with Gasteiger partial charge in [-0.05, 0) is 53.2 Å². The first-order chi connectivity index (χ1) is 12.4. The summed E-state index contributed by atoms with van der Waals surface area (Å²) in [6.45, 7) is 16.3. The lowest BCUT2D eigenvalue weighted by Gasteiger charge is -2.19. The van der Waals surface area contributed by atoms with E-state index in [1.165, 1.54) is 5.57 Å². The van der Waals surface area contributed by atoms with Crippen LogP contribution in [0.3, 0.4) is 0 Å². The monoisotopic (exact) mass is 352 g/mol. The van der Waals surface area contributed by atoms with Crippen LogP contribution in [0, 0.1) is 0 Å². The predicted octanol–water partition coefficient (Wildman–Crippen LogP) is 5.98. The zero-order valence-corrected chi connectivity index (χ0v) is 17.0. The van der Waals surface area contributed by atoms with E-state index in [9.17, 15) is 0 Å². The van der Waals surface area contributed by atoms with Crippen LogP contribution in [0.4, 0.5) is 5.82 Å². The van der Waals surface area contributed by atoms with E-state index in [1.54, 1.807) is 6.20 Å². The molecule has 0 fully saturated rings. The van der Waals surface area contributed by atoms with E-state index in [0.717, 1.165) is 35.5 Å². The quantitative estimate of drug-likeness (QED) is 0.338. The fourth-order valence-corrected chi connectivity index (χ4v) is 2.19. The summed E-state index contributed by atoms with van der Waals surface area (Å²) in [6, 6.07) is 2.12. The van der Waals surface area contributed by atoms with Gasteiger partial charge in [-0.1, -0.05) is 43.2 Å². The van der Waals surface area contributed by atoms with E-state index in [0.29, 0.717) is 5.82 Å². The summed E-state index contributed by atoms with van der Waals surface area (Å²) in [4.78, 5) is 13.5. The van der Waals surface area contributed by atoms with E-state index in [1.807, 2.05) is 46.0 Å². The van der Waals surface area contributed by atoms with Crippen molar-refractivity contribution in [2.45, 2.75) is 60.4 Å². The van der Waals surface area contributed by atoms with Gasteiger partial charge in [0.15, 0.2) is 5.82 Å². The van der Waals surface area contributed by atoms with E-state index < -0.39 is 0 Å². The molecule has 4 heteroatoms. The third kappa shape index (κ3) is 7.60. The molecule has 0 radical (unpaired) electrons. The Kier molecular flexibility index (Phi) is 9.27. The molecule has 0 saturated heterocycles. The van der Waals surface area contributed by atoms with Crippen LogP contribution >= 0.6 is 0 Å². The van der Waals surface area contributed by atoms with Gasteiger partial charge in [0.05, 0.1) is 0 Å². The summed E-state index contributed by atoms with van der Waals surface area (Å²) >= 11 is 0. The van der Waals surface area contributed by atoms with Gasteiger partial charge in [-0.3, -0.25) is 4.99 Å². The smallest absolute Gasteiger partial charge is 0.158 e. The van der Waals surface area contributed by atoms with Crippen LogP contribution in [0.15, 0.2) is 59.4 Å². The molecule has 4 nitrogen and oxygen atoms in total. The normalized spacial score (nSPS) is 14.6.